The maximum atomic E-state index is 13.4. The van der Waals surface area contributed by atoms with Gasteiger partial charge in [0.2, 0.25) is 5.95 Å². The smallest absolute Gasteiger partial charge is 0.254 e. The summed E-state index contributed by atoms with van der Waals surface area (Å²) in [6.45, 7) is 9.44. The Labute approximate surface area is 245 Å². The van der Waals surface area contributed by atoms with Crippen molar-refractivity contribution in [3.05, 3.63) is 58.7 Å². The summed E-state index contributed by atoms with van der Waals surface area (Å²) in [4.78, 5) is 24.4. The van der Waals surface area contributed by atoms with E-state index in [1.165, 1.54) is 6.20 Å². The number of amides is 1. The summed E-state index contributed by atoms with van der Waals surface area (Å²) in [7, 11) is -3.56. The van der Waals surface area contributed by atoms with Crippen molar-refractivity contribution in [2.24, 2.45) is 0 Å². The fraction of sp³-hybridized carbons (Fsp3) is 0.414. The minimum atomic E-state index is -3.56. The minimum Gasteiger partial charge on any atom is -0.489 e. The van der Waals surface area contributed by atoms with Crippen molar-refractivity contribution in [1.29, 1.82) is 0 Å². The third kappa shape index (κ3) is 6.12. The number of nitrogens with zero attached hydrogens (tertiary/aromatic N) is 3. The number of aromatic nitrogens is 2. The molecule has 218 valence electrons. The molecule has 0 bridgehead atoms. The summed E-state index contributed by atoms with van der Waals surface area (Å²) in [5, 5.41) is 9.26. The largest absolute Gasteiger partial charge is 0.489 e. The summed E-state index contributed by atoms with van der Waals surface area (Å²) < 4.78 is 32.0. The van der Waals surface area contributed by atoms with Crippen LogP contribution < -0.4 is 20.7 Å². The zero-order valence-electron chi connectivity index (χ0n) is 23.6. The maximum absolute atomic E-state index is 13.4. The van der Waals surface area contributed by atoms with Gasteiger partial charge in [-0.2, -0.15) is 4.98 Å². The molecule has 12 heteroatoms. The van der Waals surface area contributed by atoms with Gasteiger partial charge in [-0.3, -0.25) is 4.79 Å². The Morgan fingerprint density at radius 1 is 1.12 bits per heavy atom. The number of carbonyl (C=O) groups excluding carboxylic acids is 1. The predicted molar refractivity (Wildman–Crippen MR) is 160 cm³/mol. The fourth-order valence-corrected chi connectivity index (χ4v) is 6.38. The molecule has 0 unspecified atom stereocenters. The first-order valence-electron chi connectivity index (χ1n) is 13.8. The van der Waals surface area contributed by atoms with Gasteiger partial charge in [0, 0.05) is 24.7 Å². The lowest BCUT2D eigenvalue weighted by molar-refractivity contribution is 0.0674. The Balaban J connectivity index is 1.45. The number of ether oxygens (including phenoxy) is 1. The van der Waals surface area contributed by atoms with Crippen LogP contribution in [0.1, 0.15) is 56.5 Å². The molecule has 2 aromatic carbocycles. The second kappa shape index (κ2) is 11.8. The number of sulfone groups is 1. The van der Waals surface area contributed by atoms with Gasteiger partial charge in [-0.05, 0) is 76.9 Å². The third-order valence-electron chi connectivity index (χ3n) is 7.17. The van der Waals surface area contributed by atoms with Crippen LogP contribution in [-0.4, -0.2) is 59.7 Å². The van der Waals surface area contributed by atoms with E-state index in [1.54, 1.807) is 44.2 Å². The molecular formula is C29H35ClN6O4S. The van der Waals surface area contributed by atoms with Gasteiger partial charge in [0.25, 0.3) is 5.91 Å². The van der Waals surface area contributed by atoms with Crippen molar-refractivity contribution in [3.63, 3.8) is 0 Å². The monoisotopic (exact) mass is 598 g/mol. The predicted octanol–water partition coefficient (Wildman–Crippen LogP) is 5.29. The second-order valence-electron chi connectivity index (χ2n) is 10.8. The van der Waals surface area contributed by atoms with E-state index in [-0.39, 0.29) is 39.7 Å². The Morgan fingerprint density at radius 3 is 2.61 bits per heavy atom. The summed E-state index contributed by atoms with van der Waals surface area (Å²) in [6, 6.07) is 10.5. The van der Waals surface area contributed by atoms with Crippen LogP contribution in [-0.2, 0) is 16.4 Å². The first-order valence-corrected chi connectivity index (χ1v) is 15.7. The molecule has 0 aliphatic carbocycles. The highest BCUT2D eigenvalue weighted by molar-refractivity contribution is 7.92. The van der Waals surface area contributed by atoms with Crippen LogP contribution in [0.3, 0.4) is 0 Å². The van der Waals surface area contributed by atoms with Crippen molar-refractivity contribution in [1.82, 2.24) is 20.2 Å². The first kappa shape index (κ1) is 29.1. The van der Waals surface area contributed by atoms with E-state index in [0.717, 1.165) is 31.5 Å². The van der Waals surface area contributed by atoms with E-state index >= 15 is 0 Å². The van der Waals surface area contributed by atoms with Gasteiger partial charge in [0.1, 0.15) is 10.8 Å². The highest BCUT2D eigenvalue weighted by atomic mass is 35.5. The molecule has 0 spiro atoms. The normalized spacial score (nSPS) is 17.2. The zero-order chi connectivity index (χ0) is 29.3. The lowest BCUT2D eigenvalue weighted by atomic mass is 10.1. The number of halogens is 1. The van der Waals surface area contributed by atoms with Gasteiger partial charge < -0.3 is 25.6 Å². The Morgan fingerprint density at radius 2 is 1.90 bits per heavy atom. The van der Waals surface area contributed by atoms with E-state index in [1.807, 2.05) is 24.8 Å². The first-order chi connectivity index (χ1) is 19.5. The van der Waals surface area contributed by atoms with E-state index in [9.17, 15) is 13.2 Å². The van der Waals surface area contributed by atoms with E-state index in [4.69, 9.17) is 16.3 Å². The molecular weight excluding hydrogens is 564 g/mol. The SMILES string of the molecule is CC(C)Oc1cc2c(cc1Nc1ncc(Cl)c(Nc3ccccc3S(=O)(=O)C(C)C)n1)C(=O)N([C@H]1CCCNC1)C2. The van der Waals surface area contributed by atoms with Crippen LogP contribution >= 0.6 is 11.6 Å². The molecule has 3 heterocycles. The van der Waals surface area contributed by atoms with Crippen molar-refractivity contribution in [2.75, 3.05) is 23.7 Å². The van der Waals surface area contributed by atoms with E-state index in [2.05, 4.69) is 25.9 Å². The Hall–Kier alpha value is -3.41. The molecule has 2 aliphatic heterocycles. The van der Waals surface area contributed by atoms with Crippen LogP contribution in [0.25, 0.3) is 0 Å². The molecule has 1 atom stereocenters. The van der Waals surface area contributed by atoms with Gasteiger partial charge in [-0.25, -0.2) is 13.4 Å². The molecule has 5 rings (SSSR count). The molecule has 10 nitrogen and oxygen atoms in total. The van der Waals surface area contributed by atoms with Gasteiger partial charge in [0.15, 0.2) is 15.7 Å². The van der Waals surface area contributed by atoms with E-state index < -0.39 is 15.1 Å². The van der Waals surface area contributed by atoms with Crippen molar-refractivity contribution in [3.8, 4) is 5.75 Å². The number of benzene rings is 2. The van der Waals surface area contributed by atoms with Crippen LogP contribution in [0.2, 0.25) is 5.02 Å². The van der Waals surface area contributed by atoms with Crippen LogP contribution in [0, 0.1) is 0 Å². The summed E-state index contributed by atoms with van der Waals surface area (Å²) in [6.07, 6.45) is 3.34. The molecule has 3 aromatic rings. The average Bonchev–Trinajstić information content (AvgIpc) is 3.26. The molecule has 0 saturated carbocycles. The van der Waals surface area contributed by atoms with Crippen molar-refractivity contribution >= 4 is 50.5 Å². The highest BCUT2D eigenvalue weighted by Crippen LogP contribution is 2.37. The van der Waals surface area contributed by atoms with Crippen molar-refractivity contribution < 1.29 is 17.9 Å². The van der Waals surface area contributed by atoms with Crippen LogP contribution in [0.15, 0.2) is 47.5 Å². The number of hydrogen-bond donors (Lipinski definition) is 3. The number of nitrogens with one attached hydrogen (secondary N) is 3. The minimum absolute atomic E-state index is 0.00445. The number of para-hydroxylation sites is 1. The number of piperidine rings is 1. The lowest BCUT2D eigenvalue weighted by Crippen LogP contribution is -2.46. The van der Waals surface area contributed by atoms with Crippen LogP contribution in [0.5, 0.6) is 5.75 Å². The van der Waals surface area contributed by atoms with E-state index in [0.29, 0.717) is 29.2 Å². The average molecular weight is 599 g/mol. The molecule has 2 aliphatic rings. The summed E-state index contributed by atoms with van der Waals surface area (Å²) in [5.74, 6) is 1.01. The van der Waals surface area contributed by atoms with Crippen LogP contribution in [0.4, 0.5) is 23.1 Å². The standard InChI is InChI=1S/C29H35ClN6O4S/c1-17(2)40-25-12-19-16-36(20-8-7-11-31-14-20)28(37)21(19)13-24(25)34-29-32-15-22(30)27(35-29)33-23-9-5-6-10-26(23)41(38,39)18(3)4/h5-6,9-10,12-13,15,17-18,20,31H,7-8,11,14,16H2,1-4H3,(H2,32,33,34,35)/t20-/m0/s1. The lowest BCUT2D eigenvalue weighted by Gasteiger charge is -2.31. The maximum Gasteiger partial charge on any atom is 0.254 e. The summed E-state index contributed by atoms with van der Waals surface area (Å²) >= 11 is 6.42. The van der Waals surface area contributed by atoms with Gasteiger partial charge in [-0.15, -0.1) is 0 Å². The Kier molecular flexibility index (Phi) is 8.40. The fourth-order valence-electron chi connectivity index (χ4n) is 5.04. The molecule has 41 heavy (non-hydrogen) atoms. The molecule has 1 fully saturated rings. The number of fused-ring (bicyclic) bond motifs is 1. The molecule has 0 radical (unpaired) electrons. The summed E-state index contributed by atoms with van der Waals surface area (Å²) in [5.41, 5.74) is 2.45. The van der Waals surface area contributed by atoms with Gasteiger partial charge in [-0.1, -0.05) is 23.7 Å². The number of carbonyl (C=O) groups is 1. The highest BCUT2D eigenvalue weighted by Gasteiger charge is 2.34. The number of hydrogen-bond acceptors (Lipinski definition) is 9. The van der Waals surface area contributed by atoms with Gasteiger partial charge >= 0.3 is 0 Å². The zero-order valence-corrected chi connectivity index (χ0v) is 25.1. The topological polar surface area (TPSA) is 126 Å². The molecule has 1 aromatic heterocycles. The quantitative estimate of drug-likeness (QED) is 0.301. The number of rotatable bonds is 9. The molecule has 1 saturated heterocycles. The third-order valence-corrected chi connectivity index (χ3v) is 9.66. The van der Waals surface area contributed by atoms with Crippen molar-refractivity contribution in [2.45, 2.75) is 69.4 Å². The Bertz CT molecular complexity index is 1560. The van der Waals surface area contributed by atoms with Gasteiger partial charge in [0.05, 0.1) is 33.8 Å². The second-order valence-corrected chi connectivity index (χ2v) is 13.7. The molecule has 3 N–H and O–H groups in total. The number of anilines is 4. The molecule has 1 amide bonds.